The molecule has 0 fully saturated rings. The van der Waals surface area contributed by atoms with Crippen LogP contribution in [0.3, 0.4) is 0 Å². The highest BCUT2D eigenvalue weighted by atomic mass is 16.5. The highest BCUT2D eigenvalue weighted by Crippen LogP contribution is 2.25. The summed E-state index contributed by atoms with van der Waals surface area (Å²) in [7, 11) is 0. The first-order valence-electron chi connectivity index (χ1n) is 5.00. The Morgan fingerprint density at radius 1 is 1.40 bits per heavy atom. The van der Waals surface area contributed by atoms with E-state index < -0.39 is 0 Å². The predicted octanol–water partition coefficient (Wildman–Crippen LogP) is 2.11. The number of esters is 1. The van der Waals surface area contributed by atoms with E-state index in [1.807, 2.05) is 19.9 Å². The molecule has 0 heterocycles. The van der Waals surface area contributed by atoms with Crippen molar-refractivity contribution in [2.24, 2.45) is 0 Å². The number of carbonyl (C=O) groups excluding carboxylic acids is 1. The summed E-state index contributed by atoms with van der Waals surface area (Å²) < 4.78 is 4.82. The Bertz CT molecular complexity index is 369. The van der Waals surface area contributed by atoms with Crippen molar-refractivity contribution in [1.29, 1.82) is 0 Å². The van der Waals surface area contributed by atoms with Gasteiger partial charge in [0, 0.05) is 5.56 Å². The van der Waals surface area contributed by atoms with E-state index in [-0.39, 0.29) is 18.1 Å². The van der Waals surface area contributed by atoms with E-state index in [2.05, 4.69) is 0 Å². The number of hydrogen-bond acceptors (Lipinski definition) is 3. The maximum absolute atomic E-state index is 11.2. The number of carbonyl (C=O) groups is 1. The molecule has 0 aliphatic carbocycles. The van der Waals surface area contributed by atoms with Gasteiger partial charge in [-0.1, -0.05) is 12.1 Å². The molecule has 1 aromatic carbocycles. The fraction of sp³-hybridized carbons (Fsp3) is 0.417. The largest absolute Gasteiger partial charge is 0.507 e. The summed E-state index contributed by atoms with van der Waals surface area (Å²) in [6.07, 6.45) is 0.126. The molecule has 1 rings (SSSR count). The van der Waals surface area contributed by atoms with Crippen molar-refractivity contribution in [3.8, 4) is 5.75 Å². The molecule has 0 aromatic heterocycles. The Balaban J connectivity index is 2.87. The van der Waals surface area contributed by atoms with Crippen LogP contribution in [-0.2, 0) is 16.0 Å². The lowest BCUT2D eigenvalue weighted by Crippen LogP contribution is -2.08. The maximum atomic E-state index is 11.2. The van der Waals surface area contributed by atoms with Gasteiger partial charge in [-0.05, 0) is 31.9 Å². The van der Waals surface area contributed by atoms with Gasteiger partial charge in [-0.3, -0.25) is 4.79 Å². The first-order chi connectivity index (χ1) is 7.06. The second-order valence-electron chi connectivity index (χ2n) is 3.50. The first-order valence-corrected chi connectivity index (χ1v) is 5.00. The quantitative estimate of drug-likeness (QED) is 0.774. The average molecular weight is 208 g/mol. The molecule has 3 heteroatoms. The Kier molecular flexibility index (Phi) is 3.72. The summed E-state index contributed by atoms with van der Waals surface area (Å²) in [6.45, 7) is 5.88. The highest BCUT2D eigenvalue weighted by Gasteiger charge is 2.10. The van der Waals surface area contributed by atoms with Crippen molar-refractivity contribution in [2.75, 3.05) is 6.61 Å². The molecule has 0 spiro atoms. The number of benzene rings is 1. The molecular formula is C12H16O3. The molecular weight excluding hydrogens is 192 g/mol. The highest BCUT2D eigenvalue weighted by molar-refractivity contribution is 5.73. The Labute approximate surface area is 89.7 Å². The topological polar surface area (TPSA) is 46.5 Å². The lowest BCUT2D eigenvalue weighted by molar-refractivity contribution is -0.142. The molecule has 3 nitrogen and oxygen atoms in total. The summed E-state index contributed by atoms with van der Waals surface area (Å²) >= 11 is 0. The number of rotatable bonds is 3. The Morgan fingerprint density at radius 3 is 2.67 bits per heavy atom. The molecule has 82 valence electrons. The van der Waals surface area contributed by atoms with Gasteiger partial charge in [0.25, 0.3) is 0 Å². The summed E-state index contributed by atoms with van der Waals surface area (Å²) in [4.78, 5) is 11.2. The minimum absolute atomic E-state index is 0.126. The molecule has 15 heavy (non-hydrogen) atoms. The normalized spacial score (nSPS) is 10.1. The third kappa shape index (κ3) is 2.72. The van der Waals surface area contributed by atoms with Crippen molar-refractivity contribution in [2.45, 2.75) is 27.2 Å². The van der Waals surface area contributed by atoms with Crippen LogP contribution in [0.2, 0.25) is 0 Å². The minimum atomic E-state index is -0.309. The molecule has 0 saturated heterocycles. The minimum Gasteiger partial charge on any atom is -0.507 e. The molecule has 1 aromatic rings. The monoisotopic (exact) mass is 208 g/mol. The maximum Gasteiger partial charge on any atom is 0.310 e. The zero-order chi connectivity index (χ0) is 11.4. The lowest BCUT2D eigenvalue weighted by atomic mass is 10.0. The number of aromatic hydroxyl groups is 1. The van der Waals surface area contributed by atoms with Crippen LogP contribution in [0.25, 0.3) is 0 Å². The fourth-order valence-electron chi connectivity index (χ4n) is 1.37. The summed E-state index contributed by atoms with van der Waals surface area (Å²) in [6, 6.07) is 3.65. The van der Waals surface area contributed by atoms with Gasteiger partial charge in [-0.15, -0.1) is 0 Å². The molecule has 0 radical (unpaired) electrons. The van der Waals surface area contributed by atoms with Crippen molar-refractivity contribution in [1.82, 2.24) is 0 Å². The second-order valence-corrected chi connectivity index (χ2v) is 3.50. The zero-order valence-corrected chi connectivity index (χ0v) is 9.33. The smallest absolute Gasteiger partial charge is 0.310 e. The van der Waals surface area contributed by atoms with Gasteiger partial charge in [-0.25, -0.2) is 0 Å². The molecule has 0 unspecified atom stereocenters. The van der Waals surface area contributed by atoms with Gasteiger partial charge in [-0.2, -0.15) is 0 Å². The van der Waals surface area contributed by atoms with E-state index in [1.54, 1.807) is 13.0 Å². The molecule has 0 amide bonds. The molecule has 0 atom stereocenters. The van der Waals surface area contributed by atoms with Gasteiger partial charge in [0.15, 0.2) is 0 Å². The third-order valence-corrected chi connectivity index (χ3v) is 2.43. The Morgan fingerprint density at radius 2 is 2.07 bits per heavy atom. The Hall–Kier alpha value is -1.51. The number of aryl methyl sites for hydroxylation is 1. The second kappa shape index (κ2) is 4.82. The van der Waals surface area contributed by atoms with E-state index in [0.29, 0.717) is 12.2 Å². The molecule has 0 aliphatic rings. The number of phenolic OH excluding ortho intramolecular Hbond substituents is 1. The molecule has 0 saturated carbocycles. The van der Waals surface area contributed by atoms with E-state index in [1.165, 1.54) is 0 Å². The van der Waals surface area contributed by atoms with Gasteiger partial charge in [0.1, 0.15) is 5.75 Å². The summed E-state index contributed by atoms with van der Waals surface area (Å²) in [5.41, 5.74) is 2.45. The summed E-state index contributed by atoms with van der Waals surface area (Å²) in [5, 5.41) is 9.79. The standard InChI is InChI=1S/C12H16O3/c1-4-15-11(13)7-10-6-5-8(2)9(3)12(10)14/h5-6,14H,4,7H2,1-3H3. The third-order valence-electron chi connectivity index (χ3n) is 2.43. The van der Waals surface area contributed by atoms with Crippen LogP contribution in [0.15, 0.2) is 12.1 Å². The zero-order valence-electron chi connectivity index (χ0n) is 9.33. The van der Waals surface area contributed by atoms with Crippen LogP contribution in [-0.4, -0.2) is 17.7 Å². The van der Waals surface area contributed by atoms with E-state index >= 15 is 0 Å². The van der Waals surface area contributed by atoms with Crippen molar-refractivity contribution in [3.05, 3.63) is 28.8 Å². The van der Waals surface area contributed by atoms with E-state index in [9.17, 15) is 9.90 Å². The SMILES string of the molecule is CCOC(=O)Cc1ccc(C)c(C)c1O. The average Bonchev–Trinajstić information content (AvgIpc) is 2.20. The summed E-state index contributed by atoms with van der Waals surface area (Å²) in [5.74, 6) is -0.112. The predicted molar refractivity (Wildman–Crippen MR) is 57.9 cm³/mol. The van der Waals surface area contributed by atoms with Crippen LogP contribution >= 0.6 is 0 Å². The van der Waals surface area contributed by atoms with Gasteiger partial charge in [0.05, 0.1) is 13.0 Å². The van der Waals surface area contributed by atoms with Gasteiger partial charge < -0.3 is 9.84 Å². The van der Waals surface area contributed by atoms with Crippen LogP contribution < -0.4 is 0 Å². The molecule has 0 aliphatic heterocycles. The van der Waals surface area contributed by atoms with Crippen LogP contribution in [0, 0.1) is 13.8 Å². The van der Waals surface area contributed by atoms with E-state index in [4.69, 9.17) is 4.74 Å². The van der Waals surface area contributed by atoms with Crippen LogP contribution in [0.4, 0.5) is 0 Å². The van der Waals surface area contributed by atoms with Gasteiger partial charge >= 0.3 is 5.97 Å². The number of phenols is 1. The van der Waals surface area contributed by atoms with E-state index in [0.717, 1.165) is 11.1 Å². The fourth-order valence-corrected chi connectivity index (χ4v) is 1.37. The molecule has 1 N–H and O–H groups in total. The van der Waals surface area contributed by atoms with Crippen LogP contribution in [0.1, 0.15) is 23.6 Å². The number of ether oxygens (including phenoxy) is 1. The van der Waals surface area contributed by atoms with Crippen molar-refractivity contribution >= 4 is 5.97 Å². The van der Waals surface area contributed by atoms with Crippen molar-refractivity contribution < 1.29 is 14.6 Å². The molecule has 0 bridgehead atoms. The first kappa shape index (κ1) is 11.6. The lowest BCUT2D eigenvalue weighted by Gasteiger charge is -2.08. The van der Waals surface area contributed by atoms with Crippen molar-refractivity contribution in [3.63, 3.8) is 0 Å². The van der Waals surface area contributed by atoms with Gasteiger partial charge in [0.2, 0.25) is 0 Å². The van der Waals surface area contributed by atoms with Crippen LogP contribution in [0.5, 0.6) is 5.75 Å². The number of hydrogen-bond donors (Lipinski definition) is 1.